The molecule has 1 saturated heterocycles. The minimum absolute atomic E-state index is 0.412. The van der Waals surface area contributed by atoms with Crippen LogP contribution in [0.1, 0.15) is 18.4 Å². The van der Waals surface area contributed by atoms with Crippen LogP contribution in [0.4, 0.5) is 0 Å². The second-order valence-corrected chi connectivity index (χ2v) is 6.88. The molecule has 4 rings (SSSR count). The summed E-state index contributed by atoms with van der Waals surface area (Å²) in [6, 6.07) is 13.6. The van der Waals surface area contributed by atoms with Gasteiger partial charge in [-0.1, -0.05) is 36.4 Å². The zero-order valence-electron chi connectivity index (χ0n) is 13.8. The van der Waals surface area contributed by atoms with Crippen molar-refractivity contribution in [3.63, 3.8) is 0 Å². The number of aryl methyl sites for hydroxylation is 1. The first-order valence-corrected chi connectivity index (χ1v) is 8.66. The number of aromatic nitrogens is 1. The van der Waals surface area contributed by atoms with Gasteiger partial charge >= 0.3 is 0 Å². The summed E-state index contributed by atoms with van der Waals surface area (Å²) < 4.78 is 2.29. The Morgan fingerprint density at radius 3 is 2.65 bits per heavy atom. The Labute approximate surface area is 137 Å². The van der Waals surface area contributed by atoms with E-state index in [0.29, 0.717) is 6.04 Å². The van der Waals surface area contributed by atoms with Gasteiger partial charge in [0.25, 0.3) is 0 Å². The molecule has 0 amide bonds. The Hall–Kier alpha value is -1.84. The van der Waals surface area contributed by atoms with Crippen LogP contribution < -0.4 is 5.73 Å². The standard InChI is InChI=1S/C20H25N3/c1-22-14-16(8-11-23-12-9-17(21)10-13-23)19-7-6-15-4-2-3-5-18(15)20(19)22/h2-7,14,17H,8-13,21H2,1H3. The molecule has 0 saturated carbocycles. The van der Waals surface area contributed by atoms with Gasteiger partial charge in [0.1, 0.15) is 0 Å². The molecule has 0 atom stereocenters. The van der Waals surface area contributed by atoms with E-state index in [1.165, 1.54) is 27.2 Å². The third-order valence-corrected chi connectivity index (χ3v) is 5.28. The molecule has 3 aromatic rings. The van der Waals surface area contributed by atoms with Crippen LogP contribution in [-0.4, -0.2) is 35.1 Å². The van der Waals surface area contributed by atoms with Crippen molar-refractivity contribution < 1.29 is 0 Å². The van der Waals surface area contributed by atoms with E-state index >= 15 is 0 Å². The summed E-state index contributed by atoms with van der Waals surface area (Å²) in [6.07, 6.45) is 5.71. The number of fused-ring (bicyclic) bond motifs is 3. The number of rotatable bonds is 3. The van der Waals surface area contributed by atoms with Gasteiger partial charge in [-0.15, -0.1) is 0 Å². The Kier molecular flexibility index (Phi) is 3.83. The maximum absolute atomic E-state index is 6.00. The lowest BCUT2D eigenvalue weighted by Crippen LogP contribution is -2.40. The fourth-order valence-electron chi connectivity index (χ4n) is 3.92. The number of benzene rings is 2. The number of likely N-dealkylation sites (tertiary alicyclic amines) is 1. The Morgan fingerprint density at radius 1 is 1.04 bits per heavy atom. The van der Waals surface area contributed by atoms with Crippen molar-refractivity contribution >= 4 is 21.7 Å². The topological polar surface area (TPSA) is 34.2 Å². The summed E-state index contributed by atoms with van der Waals surface area (Å²) in [6.45, 7) is 3.43. The summed E-state index contributed by atoms with van der Waals surface area (Å²) in [5.41, 5.74) is 8.83. The predicted octanol–water partition coefficient (Wildman–Crippen LogP) is 3.30. The van der Waals surface area contributed by atoms with Gasteiger partial charge in [-0.2, -0.15) is 0 Å². The van der Waals surface area contributed by atoms with Crippen LogP contribution in [0.25, 0.3) is 21.7 Å². The largest absolute Gasteiger partial charge is 0.350 e. The Morgan fingerprint density at radius 2 is 1.83 bits per heavy atom. The van der Waals surface area contributed by atoms with E-state index in [4.69, 9.17) is 5.73 Å². The summed E-state index contributed by atoms with van der Waals surface area (Å²) in [5, 5.41) is 4.07. The van der Waals surface area contributed by atoms with Gasteiger partial charge in [0.2, 0.25) is 0 Å². The molecule has 1 aliphatic heterocycles. The number of piperidine rings is 1. The lowest BCUT2D eigenvalue weighted by molar-refractivity contribution is 0.216. The molecule has 0 spiro atoms. The fourth-order valence-corrected chi connectivity index (χ4v) is 3.92. The van der Waals surface area contributed by atoms with Crippen LogP contribution in [0.2, 0.25) is 0 Å². The smallest absolute Gasteiger partial charge is 0.0560 e. The van der Waals surface area contributed by atoms with E-state index in [1.807, 2.05) is 0 Å². The Balaban J connectivity index is 1.62. The highest BCUT2D eigenvalue weighted by molar-refractivity contribution is 6.07. The van der Waals surface area contributed by atoms with Crippen LogP contribution in [0.15, 0.2) is 42.6 Å². The molecule has 0 bridgehead atoms. The molecule has 2 N–H and O–H groups in total. The van der Waals surface area contributed by atoms with Crippen molar-refractivity contribution in [1.82, 2.24) is 9.47 Å². The first-order chi connectivity index (χ1) is 11.2. The van der Waals surface area contributed by atoms with E-state index in [1.54, 1.807) is 0 Å². The van der Waals surface area contributed by atoms with Gasteiger partial charge < -0.3 is 15.2 Å². The summed E-state index contributed by atoms with van der Waals surface area (Å²) in [7, 11) is 2.16. The first-order valence-electron chi connectivity index (χ1n) is 8.66. The van der Waals surface area contributed by atoms with Crippen LogP contribution in [-0.2, 0) is 13.5 Å². The van der Waals surface area contributed by atoms with E-state index in [9.17, 15) is 0 Å². The van der Waals surface area contributed by atoms with Gasteiger partial charge in [-0.25, -0.2) is 0 Å². The molecule has 1 aliphatic rings. The maximum Gasteiger partial charge on any atom is 0.0560 e. The summed E-state index contributed by atoms with van der Waals surface area (Å²) >= 11 is 0. The lowest BCUT2D eigenvalue weighted by atomic mass is 10.0. The Bertz CT molecular complexity index is 825. The SMILES string of the molecule is Cn1cc(CCN2CCC(N)CC2)c2ccc3ccccc3c21. The van der Waals surface area contributed by atoms with Crippen molar-refractivity contribution in [3.05, 3.63) is 48.2 Å². The summed E-state index contributed by atoms with van der Waals surface area (Å²) in [4.78, 5) is 2.56. The predicted molar refractivity (Wildman–Crippen MR) is 97.8 cm³/mol. The molecular formula is C20H25N3. The molecule has 2 aromatic carbocycles. The van der Waals surface area contributed by atoms with Crippen LogP contribution in [0.3, 0.4) is 0 Å². The highest BCUT2D eigenvalue weighted by Gasteiger charge is 2.16. The third kappa shape index (κ3) is 2.75. The molecule has 3 heteroatoms. The minimum atomic E-state index is 0.412. The van der Waals surface area contributed by atoms with Gasteiger partial charge in [0, 0.05) is 36.6 Å². The van der Waals surface area contributed by atoms with Crippen LogP contribution >= 0.6 is 0 Å². The lowest BCUT2D eigenvalue weighted by Gasteiger charge is -2.29. The van der Waals surface area contributed by atoms with E-state index in [2.05, 4.69) is 59.1 Å². The zero-order valence-corrected chi connectivity index (χ0v) is 13.8. The average molecular weight is 307 g/mol. The second kappa shape index (κ2) is 5.99. The highest BCUT2D eigenvalue weighted by Crippen LogP contribution is 2.29. The molecule has 3 nitrogen and oxygen atoms in total. The quantitative estimate of drug-likeness (QED) is 0.805. The van der Waals surface area contributed by atoms with Crippen molar-refractivity contribution in [2.24, 2.45) is 12.8 Å². The monoisotopic (exact) mass is 307 g/mol. The molecule has 1 aromatic heterocycles. The van der Waals surface area contributed by atoms with Gasteiger partial charge in [0.15, 0.2) is 0 Å². The van der Waals surface area contributed by atoms with Crippen molar-refractivity contribution in [1.29, 1.82) is 0 Å². The maximum atomic E-state index is 6.00. The van der Waals surface area contributed by atoms with Gasteiger partial charge in [-0.05, 0) is 43.3 Å². The number of hydrogen-bond acceptors (Lipinski definition) is 2. The normalized spacial score (nSPS) is 17.3. The average Bonchev–Trinajstić information content (AvgIpc) is 2.91. The fraction of sp³-hybridized carbons (Fsp3) is 0.400. The van der Waals surface area contributed by atoms with Crippen LogP contribution in [0.5, 0.6) is 0 Å². The molecule has 2 heterocycles. The van der Waals surface area contributed by atoms with Gasteiger partial charge in [0.05, 0.1) is 5.52 Å². The highest BCUT2D eigenvalue weighted by atomic mass is 15.1. The van der Waals surface area contributed by atoms with E-state index < -0.39 is 0 Å². The molecule has 0 radical (unpaired) electrons. The molecule has 23 heavy (non-hydrogen) atoms. The summed E-state index contributed by atoms with van der Waals surface area (Å²) in [5.74, 6) is 0. The van der Waals surface area contributed by atoms with Crippen molar-refractivity contribution in [2.45, 2.75) is 25.3 Å². The molecule has 0 aliphatic carbocycles. The number of nitrogens with two attached hydrogens (primary N) is 1. The molecule has 120 valence electrons. The van der Waals surface area contributed by atoms with E-state index in [-0.39, 0.29) is 0 Å². The zero-order chi connectivity index (χ0) is 15.8. The number of nitrogens with zero attached hydrogens (tertiary/aromatic N) is 2. The molecular weight excluding hydrogens is 282 g/mol. The van der Waals surface area contributed by atoms with Crippen LogP contribution in [0, 0.1) is 0 Å². The van der Waals surface area contributed by atoms with Gasteiger partial charge in [-0.3, -0.25) is 0 Å². The third-order valence-electron chi connectivity index (χ3n) is 5.28. The number of hydrogen-bond donors (Lipinski definition) is 1. The van der Waals surface area contributed by atoms with E-state index in [0.717, 1.165) is 38.9 Å². The minimum Gasteiger partial charge on any atom is -0.350 e. The molecule has 0 unspecified atom stereocenters. The second-order valence-electron chi connectivity index (χ2n) is 6.88. The first kappa shape index (κ1) is 14.7. The molecule has 1 fully saturated rings. The van der Waals surface area contributed by atoms with Crippen molar-refractivity contribution in [3.8, 4) is 0 Å². The van der Waals surface area contributed by atoms with Crippen molar-refractivity contribution in [2.75, 3.05) is 19.6 Å².